The topological polar surface area (TPSA) is 84.1 Å². The Hall–Kier alpha value is -0.880. The average molecular weight is 275 g/mol. The maximum atomic E-state index is 9.09. The number of nitrogens with one attached hydrogen (secondary N) is 1. The number of nitrogens with two attached hydrogens (primary N) is 1. The van der Waals surface area contributed by atoms with Crippen LogP contribution in [-0.4, -0.2) is 28.2 Å². The lowest BCUT2D eigenvalue weighted by Gasteiger charge is -2.22. The van der Waals surface area contributed by atoms with Crippen molar-refractivity contribution in [2.75, 3.05) is 24.2 Å². The van der Waals surface area contributed by atoms with E-state index in [1.54, 1.807) is 6.20 Å². The normalized spacial score (nSPS) is 11.5. The number of aliphatic hydroxyl groups excluding tert-OH is 1. The molecule has 15 heavy (non-hydrogen) atoms. The van der Waals surface area contributed by atoms with E-state index >= 15 is 0 Å². The Balaban J connectivity index is 2.69. The van der Waals surface area contributed by atoms with Crippen molar-refractivity contribution in [3.8, 4) is 0 Å². The van der Waals surface area contributed by atoms with Gasteiger partial charge in [-0.2, -0.15) is 4.98 Å². The number of hydrogen-bond donors (Lipinski definition) is 3. The van der Waals surface area contributed by atoms with Gasteiger partial charge in [0.1, 0.15) is 5.82 Å². The summed E-state index contributed by atoms with van der Waals surface area (Å²) < 4.78 is 0.755. The highest BCUT2D eigenvalue weighted by molar-refractivity contribution is 9.10. The van der Waals surface area contributed by atoms with Gasteiger partial charge in [0, 0.05) is 24.8 Å². The van der Waals surface area contributed by atoms with Crippen molar-refractivity contribution in [1.29, 1.82) is 0 Å². The van der Waals surface area contributed by atoms with Crippen LogP contribution in [0.2, 0.25) is 0 Å². The summed E-state index contributed by atoms with van der Waals surface area (Å²) >= 11 is 3.31. The van der Waals surface area contributed by atoms with E-state index in [-0.39, 0.29) is 18.0 Å². The predicted molar refractivity (Wildman–Crippen MR) is 63.5 cm³/mol. The van der Waals surface area contributed by atoms with Crippen molar-refractivity contribution in [2.24, 2.45) is 5.41 Å². The molecule has 0 unspecified atom stereocenters. The van der Waals surface area contributed by atoms with Gasteiger partial charge < -0.3 is 16.2 Å². The second-order valence-corrected chi connectivity index (χ2v) is 4.95. The Kier molecular flexibility index (Phi) is 3.87. The Morgan fingerprint density at radius 1 is 1.60 bits per heavy atom. The molecule has 6 heteroatoms. The molecule has 4 N–H and O–H groups in total. The maximum Gasteiger partial charge on any atom is 0.221 e. The summed E-state index contributed by atoms with van der Waals surface area (Å²) in [6.45, 7) is 4.63. The minimum atomic E-state index is -0.195. The van der Waals surface area contributed by atoms with E-state index in [0.29, 0.717) is 12.4 Å². The molecule has 0 fully saturated rings. The molecule has 0 amide bonds. The van der Waals surface area contributed by atoms with Crippen molar-refractivity contribution in [2.45, 2.75) is 13.8 Å². The van der Waals surface area contributed by atoms with E-state index in [4.69, 9.17) is 10.8 Å². The van der Waals surface area contributed by atoms with Crippen molar-refractivity contribution < 1.29 is 5.11 Å². The van der Waals surface area contributed by atoms with Gasteiger partial charge in [-0.1, -0.05) is 13.8 Å². The molecule has 0 saturated heterocycles. The molecule has 0 aliphatic rings. The van der Waals surface area contributed by atoms with Crippen molar-refractivity contribution >= 4 is 27.7 Å². The minimum absolute atomic E-state index is 0.109. The lowest BCUT2D eigenvalue weighted by molar-refractivity contribution is 0.170. The number of aliphatic hydroxyl groups is 1. The highest BCUT2D eigenvalue weighted by atomic mass is 79.9. The average Bonchev–Trinajstić information content (AvgIpc) is 2.20. The van der Waals surface area contributed by atoms with E-state index in [1.807, 2.05) is 13.8 Å². The number of nitrogen functional groups attached to an aromatic ring is 1. The van der Waals surface area contributed by atoms with Crippen LogP contribution in [0, 0.1) is 5.41 Å². The first kappa shape index (κ1) is 12.2. The molecule has 0 saturated carbocycles. The van der Waals surface area contributed by atoms with E-state index < -0.39 is 0 Å². The predicted octanol–water partition coefficient (Wildman–Crippen LogP) is 1.25. The summed E-state index contributed by atoms with van der Waals surface area (Å²) in [6, 6.07) is 0. The van der Waals surface area contributed by atoms with Gasteiger partial charge in [-0.05, 0) is 15.9 Å². The molecule has 1 heterocycles. The van der Waals surface area contributed by atoms with Gasteiger partial charge in [-0.25, -0.2) is 4.98 Å². The molecular weight excluding hydrogens is 260 g/mol. The standard InChI is InChI=1S/C9H15BrN4O/c1-9(2,5-15)4-13-7-6(10)3-12-8(11)14-7/h3,15H,4-5H2,1-2H3,(H3,11,12,13,14). The van der Waals surface area contributed by atoms with Gasteiger partial charge in [0.15, 0.2) is 0 Å². The highest BCUT2D eigenvalue weighted by Crippen LogP contribution is 2.21. The van der Waals surface area contributed by atoms with E-state index in [0.717, 1.165) is 4.47 Å². The number of nitrogens with zero attached hydrogens (tertiary/aromatic N) is 2. The third-order valence-electron chi connectivity index (χ3n) is 1.93. The molecule has 1 aromatic rings. The molecule has 5 nitrogen and oxygen atoms in total. The molecule has 0 spiro atoms. The quantitative estimate of drug-likeness (QED) is 0.770. The van der Waals surface area contributed by atoms with Crippen LogP contribution in [0.4, 0.5) is 11.8 Å². The zero-order valence-corrected chi connectivity index (χ0v) is 10.4. The molecular formula is C9H15BrN4O. The molecule has 1 aromatic heterocycles. The SMILES string of the molecule is CC(C)(CO)CNc1nc(N)ncc1Br. The maximum absolute atomic E-state index is 9.09. The fraction of sp³-hybridized carbons (Fsp3) is 0.556. The number of halogens is 1. The first-order chi connectivity index (χ1) is 6.94. The summed E-state index contributed by atoms with van der Waals surface area (Å²) in [4.78, 5) is 7.87. The number of anilines is 2. The van der Waals surface area contributed by atoms with E-state index in [2.05, 4.69) is 31.2 Å². The molecule has 0 aliphatic carbocycles. The summed E-state index contributed by atoms with van der Waals surface area (Å²) in [5.74, 6) is 0.867. The summed E-state index contributed by atoms with van der Waals surface area (Å²) in [5, 5.41) is 12.2. The first-order valence-electron chi connectivity index (χ1n) is 4.57. The first-order valence-corrected chi connectivity index (χ1v) is 5.37. The number of rotatable bonds is 4. The van der Waals surface area contributed by atoms with Crippen LogP contribution < -0.4 is 11.1 Å². The van der Waals surface area contributed by atoms with E-state index in [1.165, 1.54) is 0 Å². The highest BCUT2D eigenvalue weighted by Gasteiger charge is 2.16. The Bertz CT molecular complexity index is 343. The lowest BCUT2D eigenvalue weighted by atomic mass is 9.95. The fourth-order valence-electron chi connectivity index (χ4n) is 0.884. The van der Waals surface area contributed by atoms with Crippen molar-refractivity contribution in [1.82, 2.24) is 9.97 Å². The van der Waals surface area contributed by atoms with Gasteiger partial charge in [-0.15, -0.1) is 0 Å². The lowest BCUT2D eigenvalue weighted by Crippen LogP contribution is -2.27. The smallest absolute Gasteiger partial charge is 0.221 e. The van der Waals surface area contributed by atoms with Crippen LogP contribution in [-0.2, 0) is 0 Å². The second-order valence-electron chi connectivity index (χ2n) is 4.10. The molecule has 84 valence electrons. The van der Waals surface area contributed by atoms with Gasteiger partial charge in [0.2, 0.25) is 5.95 Å². The molecule has 0 radical (unpaired) electrons. The number of aromatic nitrogens is 2. The zero-order valence-electron chi connectivity index (χ0n) is 8.79. The summed E-state index contributed by atoms with van der Waals surface area (Å²) in [7, 11) is 0. The van der Waals surface area contributed by atoms with Crippen LogP contribution in [0.1, 0.15) is 13.8 Å². The molecule has 0 aliphatic heterocycles. The largest absolute Gasteiger partial charge is 0.396 e. The van der Waals surface area contributed by atoms with Crippen LogP contribution in [0.15, 0.2) is 10.7 Å². The van der Waals surface area contributed by atoms with Gasteiger partial charge >= 0.3 is 0 Å². The molecule has 0 atom stereocenters. The van der Waals surface area contributed by atoms with Crippen LogP contribution in [0.3, 0.4) is 0 Å². The van der Waals surface area contributed by atoms with Crippen molar-refractivity contribution in [3.05, 3.63) is 10.7 Å². The Morgan fingerprint density at radius 3 is 2.87 bits per heavy atom. The van der Waals surface area contributed by atoms with Crippen LogP contribution in [0.5, 0.6) is 0 Å². The third-order valence-corrected chi connectivity index (χ3v) is 2.51. The minimum Gasteiger partial charge on any atom is -0.396 e. The summed E-state index contributed by atoms with van der Waals surface area (Å²) in [5.41, 5.74) is 5.27. The second kappa shape index (κ2) is 4.76. The summed E-state index contributed by atoms with van der Waals surface area (Å²) in [6.07, 6.45) is 1.59. The Morgan fingerprint density at radius 2 is 2.27 bits per heavy atom. The monoisotopic (exact) mass is 274 g/mol. The molecule has 1 rings (SSSR count). The fourth-order valence-corrected chi connectivity index (χ4v) is 1.21. The zero-order chi connectivity index (χ0) is 11.5. The van der Waals surface area contributed by atoms with E-state index in [9.17, 15) is 0 Å². The van der Waals surface area contributed by atoms with Crippen LogP contribution >= 0.6 is 15.9 Å². The molecule has 0 aromatic carbocycles. The van der Waals surface area contributed by atoms with Gasteiger partial charge in [0.25, 0.3) is 0 Å². The van der Waals surface area contributed by atoms with Gasteiger partial charge in [-0.3, -0.25) is 0 Å². The van der Waals surface area contributed by atoms with Gasteiger partial charge in [0.05, 0.1) is 4.47 Å². The third kappa shape index (κ3) is 3.64. The molecule has 0 bridgehead atoms. The number of hydrogen-bond acceptors (Lipinski definition) is 5. The van der Waals surface area contributed by atoms with Crippen LogP contribution in [0.25, 0.3) is 0 Å². The van der Waals surface area contributed by atoms with Crippen molar-refractivity contribution in [3.63, 3.8) is 0 Å². The Labute approximate surface area is 97.2 Å².